The fourth-order valence-electron chi connectivity index (χ4n) is 3.53. The number of piperidine rings is 1. The lowest BCUT2D eigenvalue weighted by molar-refractivity contribution is 0.0611. The van der Waals surface area contributed by atoms with Gasteiger partial charge in [-0.15, -0.1) is 0 Å². The molecule has 0 aliphatic carbocycles. The van der Waals surface area contributed by atoms with E-state index in [2.05, 4.69) is 4.98 Å². The molecule has 1 unspecified atom stereocenters. The molecule has 1 aromatic heterocycles. The van der Waals surface area contributed by atoms with Crippen molar-refractivity contribution < 1.29 is 9.53 Å². The Labute approximate surface area is 159 Å². The zero-order chi connectivity index (χ0) is 18.5. The van der Waals surface area contributed by atoms with Gasteiger partial charge in [-0.1, -0.05) is 42.5 Å². The van der Waals surface area contributed by atoms with E-state index in [1.807, 2.05) is 83.9 Å². The second-order valence-corrected chi connectivity index (χ2v) is 6.72. The van der Waals surface area contributed by atoms with Gasteiger partial charge in [-0.2, -0.15) is 0 Å². The predicted molar refractivity (Wildman–Crippen MR) is 105 cm³/mol. The first kappa shape index (κ1) is 17.3. The van der Waals surface area contributed by atoms with Crippen molar-refractivity contribution in [3.05, 3.63) is 90.1 Å². The lowest BCUT2D eigenvalue weighted by atomic mass is 9.95. The number of ether oxygens (including phenoxy) is 1. The van der Waals surface area contributed by atoms with Gasteiger partial charge in [0.05, 0.1) is 6.04 Å². The number of hydrogen-bond acceptors (Lipinski definition) is 3. The molecule has 4 nitrogen and oxygen atoms in total. The molecule has 27 heavy (non-hydrogen) atoms. The lowest BCUT2D eigenvalue weighted by Crippen LogP contribution is -2.38. The summed E-state index contributed by atoms with van der Waals surface area (Å²) in [6.45, 7) is 0.778. The summed E-state index contributed by atoms with van der Waals surface area (Å²) in [5, 5.41) is 0. The summed E-state index contributed by atoms with van der Waals surface area (Å²) in [6.07, 6.45) is 4.95. The maximum absolute atomic E-state index is 13.0. The number of carbonyl (C=O) groups is 1. The molecule has 1 fully saturated rings. The second kappa shape index (κ2) is 8.04. The summed E-state index contributed by atoms with van der Waals surface area (Å²) in [6, 6.07) is 23.1. The van der Waals surface area contributed by atoms with Crippen molar-refractivity contribution in [1.82, 2.24) is 9.88 Å². The molecule has 0 N–H and O–H groups in total. The minimum Gasteiger partial charge on any atom is -0.439 e. The van der Waals surface area contributed by atoms with Crippen molar-refractivity contribution >= 4 is 5.91 Å². The van der Waals surface area contributed by atoms with Crippen LogP contribution in [0.2, 0.25) is 0 Å². The Bertz CT molecular complexity index is 879. The monoisotopic (exact) mass is 358 g/mol. The summed E-state index contributed by atoms with van der Waals surface area (Å²) < 4.78 is 5.77. The first-order chi connectivity index (χ1) is 13.3. The Morgan fingerprint density at radius 1 is 0.926 bits per heavy atom. The van der Waals surface area contributed by atoms with Gasteiger partial charge in [-0.25, -0.2) is 4.98 Å². The van der Waals surface area contributed by atoms with E-state index in [0.717, 1.165) is 42.7 Å². The predicted octanol–water partition coefficient (Wildman–Crippen LogP) is 5.24. The van der Waals surface area contributed by atoms with E-state index in [4.69, 9.17) is 4.74 Å². The Balaban J connectivity index is 1.52. The molecule has 1 aliphatic heterocycles. The third kappa shape index (κ3) is 4.00. The number of amides is 1. The maximum atomic E-state index is 13.0. The van der Waals surface area contributed by atoms with Gasteiger partial charge in [0.15, 0.2) is 0 Å². The van der Waals surface area contributed by atoms with Crippen LogP contribution in [0.1, 0.15) is 41.2 Å². The number of rotatable bonds is 4. The van der Waals surface area contributed by atoms with Gasteiger partial charge in [-0.05, 0) is 49.1 Å². The van der Waals surface area contributed by atoms with E-state index in [9.17, 15) is 4.79 Å². The number of hydrogen-bond donors (Lipinski definition) is 0. The minimum atomic E-state index is 0.0599. The number of carbonyl (C=O) groups excluding carboxylic acids is 1. The summed E-state index contributed by atoms with van der Waals surface area (Å²) in [4.78, 5) is 19.4. The smallest absolute Gasteiger partial charge is 0.254 e. The Hall–Kier alpha value is -3.14. The fraction of sp³-hybridized carbons (Fsp3) is 0.217. The first-order valence-corrected chi connectivity index (χ1v) is 9.36. The Morgan fingerprint density at radius 2 is 1.67 bits per heavy atom. The zero-order valence-corrected chi connectivity index (χ0v) is 15.1. The van der Waals surface area contributed by atoms with Crippen LogP contribution in [0.25, 0.3) is 0 Å². The van der Waals surface area contributed by atoms with E-state index in [0.29, 0.717) is 5.88 Å². The average molecular weight is 358 g/mol. The standard InChI is InChI=1S/C23H22N2O2/c26-23(18-9-3-1-4-10-18)25-16-8-7-13-21(25)19-14-15-22(24-17-19)27-20-11-5-2-6-12-20/h1-6,9-12,14-15,17,21H,7-8,13,16H2. The van der Waals surface area contributed by atoms with Crippen LogP contribution in [0.3, 0.4) is 0 Å². The van der Waals surface area contributed by atoms with E-state index in [-0.39, 0.29) is 11.9 Å². The number of nitrogens with zero attached hydrogens (tertiary/aromatic N) is 2. The molecular weight excluding hydrogens is 336 g/mol. The highest BCUT2D eigenvalue weighted by Crippen LogP contribution is 2.32. The van der Waals surface area contributed by atoms with Gasteiger partial charge in [-0.3, -0.25) is 4.79 Å². The van der Waals surface area contributed by atoms with E-state index in [1.54, 1.807) is 0 Å². The van der Waals surface area contributed by atoms with Crippen molar-refractivity contribution in [1.29, 1.82) is 0 Å². The molecule has 136 valence electrons. The normalized spacial score (nSPS) is 16.7. The minimum absolute atomic E-state index is 0.0599. The van der Waals surface area contributed by atoms with Crippen LogP contribution in [0.5, 0.6) is 11.6 Å². The molecular formula is C23H22N2O2. The number of para-hydroxylation sites is 1. The van der Waals surface area contributed by atoms with E-state index < -0.39 is 0 Å². The maximum Gasteiger partial charge on any atom is 0.254 e. The molecule has 1 aliphatic rings. The van der Waals surface area contributed by atoms with Gasteiger partial charge < -0.3 is 9.64 Å². The topological polar surface area (TPSA) is 42.4 Å². The summed E-state index contributed by atoms with van der Waals surface area (Å²) >= 11 is 0. The largest absolute Gasteiger partial charge is 0.439 e. The van der Waals surface area contributed by atoms with Crippen molar-refractivity contribution in [3.8, 4) is 11.6 Å². The molecule has 0 saturated carbocycles. The average Bonchev–Trinajstić information content (AvgIpc) is 2.75. The second-order valence-electron chi connectivity index (χ2n) is 6.72. The SMILES string of the molecule is O=C(c1ccccc1)N1CCCCC1c1ccc(Oc2ccccc2)nc1. The fourth-order valence-corrected chi connectivity index (χ4v) is 3.53. The number of likely N-dealkylation sites (tertiary alicyclic amines) is 1. The third-order valence-electron chi connectivity index (χ3n) is 4.89. The molecule has 0 spiro atoms. The van der Waals surface area contributed by atoms with Gasteiger partial charge in [0.2, 0.25) is 5.88 Å². The van der Waals surface area contributed by atoms with Crippen LogP contribution in [0.15, 0.2) is 79.0 Å². The number of pyridine rings is 1. The van der Waals surface area contributed by atoms with E-state index >= 15 is 0 Å². The first-order valence-electron chi connectivity index (χ1n) is 9.36. The van der Waals surface area contributed by atoms with Gasteiger partial charge >= 0.3 is 0 Å². The van der Waals surface area contributed by atoms with Gasteiger partial charge in [0.1, 0.15) is 5.75 Å². The van der Waals surface area contributed by atoms with Gasteiger partial charge in [0.25, 0.3) is 5.91 Å². The highest BCUT2D eigenvalue weighted by molar-refractivity contribution is 5.94. The van der Waals surface area contributed by atoms with Crippen molar-refractivity contribution in [2.75, 3.05) is 6.54 Å². The van der Waals surface area contributed by atoms with Crippen LogP contribution in [0, 0.1) is 0 Å². The molecule has 0 radical (unpaired) electrons. The molecule has 2 aromatic carbocycles. The number of aromatic nitrogens is 1. The molecule has 0 bridgehead atoms. The third-order valence-corrected chi connectivity index (χ3v) is 4.89. The molecule has 1 saturated heterocycles. The highest BCUT2D eigenvalue weighted by atomic mass is 16.5. The van der Waals surface area contributed by atoms with E-state index in [1.165, 1.54) is 0 Å². The molecule has 1 atom stereocenters. The quantitative estimate of drug-likeness (QED) is 0.640. The van der Waals surface area contributed by atoms with Crippen LogP contribution in [-0.4, -0.2) is 22.3 Å². The zero-order valence-electron chi connectivity index (χ0n) is 15.1. The molecule has 3 aromatic rings. The molecule has 4 heteroatoms. The van der Waals surface area contributed by atoms with Crippen molar-refractivity contribution in [2.45, 2.75) is 25.3 Å². The Kier molecular flexibility index (Phi) is 5.15. The Morgan fingerprint density at radius 3 is 2.37 bits per heavy atom. The molecule has 2 heterocycles. The van der Waals surface area contributed by atoms with Crippen LogP contribution >= 0.6 is 0 Å². The summed E-state index contributed by atoms with van der Waals surface area (Å²) in [5.74, 6) is 1.41. The molecule has 1 amide bonds. The summed E-state index contributed by atoms with van der Waals surface area (Å²) in [7, 11) is 0. The lowest BCUT2D eigenvalue weighted by Gasteiger charge is -2.36. The molecule has 4 rings (SSSR count). The highest BCUT2D eigenvalue weighted by Gasteiger charge is 2.28. The van der Waals surface area contributed by atoms with Crippen molar-refractivity contribution in [3.63, 3.8) is 0 Å². The van der Waals surface area contributed by atoms with Crippen LogP contribution in [-0.2, 0) is 0 Å². The van der Waals surface area contributed by atoms with Crippen LogP contribution in [0.4, 0.5) is 0 Å². The van der Waals surface area contributed by atoms with Crippen LogP contribution < -0.4 is 4.74 Å². The number of benzene rings is 2. The van der Waals surface area contributed by atoms with Crippen molar-refractivity contribution in [2.24, 2.45) is 0 Å². The summed E-state index contributed by atoms with van der Waals surface area (Å²) in [5.41, 5.74) is 1.79. The van der Waals surface area contributed by atoms with Gasteiger partial charge in [0, 0.05) is 24.4 Å².